The highest BCUT2D eigenvalue weighted by atomic mass is 19.1. The molecule has 0 aliphatic carbocycles. The summed E-state index contributed by atoms with van der Waals surface area (Å²) in [7, 11) is 0. The third-order valence-corrected chi connectivity index (χ3v) is 2.92. The number of pyridine rings is 1. The van der Waals surface area contributed by atoms with E-state index in [1.165, 1.54) is 17.5 Å². The van der Waals surface area contributed by atoms with Gasteiger partial charge >= 0.3 is 0 Å². The van der Waals surface area contributed by atoms with Crippen molar-refractivity contribution in [1.82, 2.24) is 15.3 Å². The number of nitrogens with one attached hydrogen (secondary N) is 2. The van der Waals surface area contributed by atoms with Crippen LogP contribution in [0.1, 0.15) is 11.3 Å². The van der Waals surface area contributed by atoms with Crippen molar-refractivity contribution >= 4 is 0 Å². The van der Waals surface area contributed by atoms with Crippen LogP contribution in [-0.4, -0.2) is 16.5 Å². The predicted octanol–water partition coefficient (Wildman–Crippen LogP) is 1.86. The van der Waals surface area contributed by atoms with Gasteiger partial charge in [0.1, 0.15) is 0 Å². The minimum Gasteiger partial charge on any atom is -0.358 e. The fourth-order valence-corrected chi connectivity index (χ4v) is 2.10. The number of rotatable bonds is 1. The molecule has 0 amide bonds. The molecule has 0 unspecified atom stereocenters. The van der Waals surface area contributed by atoms with Crippen molar-refractivity contribution in [3.05, 3.63) is 41.6 Å². The van der Waals surface area contributed by atoms with E-state index in [9.17, 15) is 4.39 Å². The standard InChI is InChI=1S/C12H12FN3/c13-10-7-15-3-1-9(10)12-5-8-6-14-4-2-11(8)16-12/h1,3,5,7,14,16H,2,4,6H2. The second kappa shape index (κ2) is 3.72. The van der Waals surface area contributed by atoms with Crippen LogP contribution in [0.25, 0.3) is 11.3 Å². The highest BCUT2D eigenvalue weighted by molar-refractivity contribution is 5.61. The van der Waals surface area contributed by atoms with Gasteiger partial charge in [-0.25, -0.2) is 4.39 Å². The van der Waals surface area contributed by atoms with Gasteiger partial charge in [0.05, 0.1) is 6.20 Å². The molecule has 2 aromatic heterocycles. The third-order valence-electron chi connectivity index (χ3n) is 2.92. The quantitative estimate of drug-likeness (QED) is 0.765. The lowest BCUT2D eigenvalue weighted by molar-refractivity contribution is 0.624. The van der Waals surface area contributed by atoms with Crippen LogP contribution in [0.4, 0.5) is 4.39 Å². The molecule has 3 nitrogen and oxygen atoms in total. The monoisotopic (exact) mass is 217 g/mol. The number of H-pyrrole nitrogens is 1. The van der Waals surface area contributed by atoms with E-state index in [2.05, 4.69) is 15.3 Å². The van der Waals surface area contributed by atoms with Gasteiger partial charge in [-0.1, -0.05) is 0 Å². The van der Waals surface area contributed by atoms with E-state index in [4.69, 9.17) is 0 Å². The number of aromatic amines is 1. The topological polar surface area (TPSA) is 40.7 Å². The molecule has 4 heteroatoms. The van der Waals surface area contributed by atoms with E-state index in [1.54, 1.807) is 12.3 Å². The number of aromatic nitrogens is 2. The van der Waals surface area contributed by atoms with Gasteiger partial charge in [-0.15, -0.1) is 0 Å². The van der Waals surface area contributed by atoms with Crippen molar-refractivity contribution in [2.75, 3.05) is 6.54 Å². The molecule has 3 rings (SSSR count). The van der Waals surface area contributed by atoms with Crippen LogP contribution in [0.3, 0.4) is 0 Å². The molecule has 2 aromatic rings. The average molecular weight is 217 g/mol. The van der Waals surface area contributed by atoms with Crippen molar-refractivity contribution < 1.29 is 4.39 Å². The summed E-state index contributed by atoms with van der Waals surface area (Å²) < 4.78 is 13.5. The van der Waals surface area contributed by atoms with Crippen LogP contribution in [0.2, 0.25) is 0 Å². The second-order valence-electron chi connectivity index (χ2n) is 3.97. The molecule has 0 fully saturated rings. The molecule has 0 aromatic carbocycles. The Morgan fingerprint density at radius 2 is 2.31 bits per heavy atom. The zero-order valence-corrected chi connectivity index (χ0v) is 8.76. The summed E-state index contributed by atoms with van der Waals surface area (Å²) in [6.07, 6.45) is 3.83. The lowest BCUT2D eigenvalue weighted by Crippen LogP contribution is -2.22. The van der Waals surface area contributed by atoms with E-state index in [0.29, 0.717) is 5.56 Å². The number of halogens is 1. The summed E-state index contributed by atoms with van der Waals surface area (Å²) in [5.74, 6) is -0.283. The second-order valence-corrected chi connectivity index (χ2v) is 3.97. The maximum atomic E-state index is 13.5. The number of nitrogens with zero attached hydrogens (tertiary/aromatic N) is 1. The lowest BCUT2D eigenvalue weighted by atomic mass is 10.1. The van der Waals surface area contributed by atoms with Crippen LogP contribution in [-0.2, 0) is 13.0 Å². The normalized spacial score (nSPS) is 14.8. The van der Waals surface area contributed by atoms with Crippen molar-refractivity contribution in [3.8, 4) is 11.3 Å². The predicted molar refractivity (Wildman–Crippen MR) is 59.4 cm³/mol. The molecular formula is C12H12FN3. The summed E-state index contributed by atoms with van der Waals surface area (Å²) in [5.41, 5.74) is 3.88. The Balaban J connectivity index is 2.07. The first kappa shape index (κ1) is 9.54. The molecule has 0 saturated heterocycles. The van der Waals surface area contributed by atoms with Crippen molar-refractivity contribution in [3.63, 3.8) is 0 Å². The molecule has 1 aliphatic rings. The van der Waals surface area contributed by atoms with Gasteiger partial charge in [0.15, 0.2) is 5.82 Å². The van der Waals surface area contributed by atoms with E-state index in [-0.39, 0.29) is 5.82 Å². The number of hydrogen-bond acceptors (Lipinski definition) is 2. The largest absolute Gasteiger partial charge is 0.358 e. The Labute approximate surface area is 92.7 Å². The summed E-state index contributed by atoms with van der Waals surface area (Å²) >= 11 is 0. The van der Waals surface area contributed by atoms with Crippen molar-refractivity contribution in [2.45, 2.75) is 13.0 Å². The highest BCUT2D eigenvalue weighted by Crippen LogP contribution is 2.25. The summed E-state index contributed by atoms with van der Waals surface area (Å²) in [6.45, 7) is 1.84. The van der Waals surface area contributed by atoms with Crippen LogP contribution in [0.15, 0.2) is 24.5 Å². The Hall–Kier alpha value is -1.68. The van der Waals surface area contributed by atoms with Gasteiger partial charge in [-0.05, 0) is 17.7 Å². The molecule has 0 saturated carbocycles. The first-order valence-electron chi connectivity index (χ1n) is 5.36. The zero-order valence-electron chi connectivity index (χ0n) is 8.76. The van der Waals surface area contributed by atoms with Gasteiger partial charge in [0.2, 0.25) is 0 Å². The lowest BCUT2D eigenvalue weighted by Gasteiger charge is -2.11. The molecule has 0 spiro atoms. The van der Waals surface area contributed by atoms with Crippen LogP contribution in [0.5, 0.6) is 0 Å². The maximum absolute atomic E-state index is 13.5. The molecule has 1 aliphatic heterocycles. The van der Waals surface area contributed by atoms with E-state index in [1.807, 2.05) is 6.07 Å². The highest BCUT2D eigenvalue weighted by Gasteiger charge is 2.14. The van der Waals surface area contributed by atoms with Crippen LogP contribution >= 0.6 is 0 Å². The SMILES string of the molecule is Fc1cnccc1-c1cc2c([nH]1)CCNC2. The van der Waals surface area contributed by atoms with Crippen molar-refractivity contribution in [2.24, 2.45) is 0 Å². The Bertz CT molecular complexity index is 495. The minimum atomic E-state index is -0.283. The summed E-state index contributed by atoms with van der Waals surface area (Å²) in [6, 6.07) is 3.71. The fraction of sp³-hybridized carbons (Fsp3) is 0.250. The van der Waals surface area contributed by atoms with Gasteiger partial charge in [0.25, 0.3) is 0 Å². The van der Waals surface area contributed by atoms with Crippen LogP contribution in [0, 0.1) is 5.82 Å². The molecule has 0 radical (unpaired) electrons. The van der Waals surface area contributed by atoms with Crippen LogP contribution < -0.4 is 5.32 Å². The Morgan fingerprint density at radius 1 is 1.38 bits per heavy atom. The maximum Gasteiger partial charge on any atom is 0.150 e. The molecular weight excluding hydrogens is 205 g/mol. The van der Waals surface area contributed by atoms with E-state index < -0.39 is 0 Å². The molecule has 16 heavy (non-hydrogen) atoms. The summed E-state index contributed by atoms with van der Waals surface area (Å²) in [4.78, 5) is 7.03. The fourth-order valence-electron chi connectivity index (χ4n) is 2.10. The van der Waals surface area contributed by atoms with Gasteiger partial charge in [-0.2, -0.15) is 0 Å². The van der Waals surface area contributed by atoms with Gasteiger partial charge in [0, 0.05) is 42.7 Å². The smallest absolute Gasteiger partial charge is 0.150 e. The Kier molecular flexibility index (Phi) is 2.22. The van der Waals surface area contributed by atoms with E-state index >= 15 is 0 Å². The number of hydrogen-bond donors (Lipinski definition) is 2. The minimum absolute atomic E-state index is 0.283. The summed E-state index contributed by atoms with van der Waals surface area (Å²) in [5, 5.41) is 3.29. The number of fused-ring (bicyclic) bond motifs is 1. The van der Waals surface area contributed by atoms with Gasteiger partial charge in [-0.3, -0.25) is 4.98 Å². The Morgan fingerprint density at radius 3 is 3.12 bits per heavy atom. The molecule has 0 bridgehead atoms. The van der Waals surface area contributed by atoms with Crippen molar-refractivity contribution in [1.29, 1.82) is 0 Å². The molecule has 0 atom stereocenters. The average Bonchev–Trinajstić information content (AvgIpc) is 2.73. The molecule has 82 valence electrons. The zero-order chi connectivity index (χ0) is 11.0. The first-order valence-corrected chi connectivity index (χ1v) is 5.36. The first-order chi connectivity index (χ1) is 7.84. The van der Waals surface area contributed by atoms with E-state index in [0.717, 1.165) is 25.2 Å². The third kappa shape index (κ3) is 1.51. The van der Waals surface area contributed by atoms with Gasteiger partial charge < -0.3 is 10.3 Å². The molecule has 3 heterocycles. The molecule has 2 N–H and O–H groups in total.